The maximum Gasteiger partial charge on any atom is 0.310 e. The Morgan fingerprint density at radius 3 is 2.70 bits per heavy atom. The molecular weight excluding hydrogens is 280 g/mol. The number of aromatic nitrogens is 1. The molecule has 1 aliphatic heterocycles. The standard InChI is InChI=1S/C14H11ClN2O3/c15-10-5-12(16-11-4-2-1-3-9(10)11)13(18)17-6-8(7-17)14(19)20/h1-5,8H,6-7H2,(H,19,20). The molecule has 20 heavy (non-hydrogen) atoms. The van der Waals surface area contributed by atoms with Crippen LogP contribution < -0.4 is 0 Å². The van der Waals surface area contributed by atoms with E-state index in [0.29, 0.717) is 10.5 Å². The number of rotatable bonds is 2. The monoisotopic (exact) mass is 290 g/mol. The van der Waals surface area contributed by atoms with Gasteiger partial charge in [-0.15, -0.1) is 0 Å². The van der Waals surface area contributed by atoms with E-state index >= 15 is 0 Å². The second-order valence-corrected chi connectivity index (χ2v) is 5.16. The smallest absolute Gasteiger partial charge is 0.310 e. The van der Waals surface area contributed by atoms with Crippen LogP contribution in [-0.2, 0) is 4.79 Å². The highest BCUT2D eigenvalue weighted by molar-refractivity contribution is 6.35. The predicted molar refractivity (Wildman–Crippen MR) is 73.8 cm³/mol. The fourth-order valence-electron chi connectivity index (χ4n) is 2.21. The summed E-state index contributed by atoms with van der Waals surface area (Å²) in [6, 6.07) is 8.83. The molecule has 0 radical (unpaired) electrons. The summed E-state index contributed by atoms with van der Waals surface area (Å²) in [6.07, 6.45) is 0. The zero-order chi connectivity index (χ0) is 14.3. The Labute approximate surface area is 119 Å². The minimum absolute atomic E-state index is 0.223. The molecule has 3 rings (SSSR count). The van der Waals surface area contributed by atoms with Crippen LogP contribution in [0, 0.1) is 5.92 Å². The lowest BCUT2D eigenvalue weighted by atomic mass is 10.00. The van der Waals surface area contributed by atoms with Gasteiger partial charge in [0.25, 0.3) is 5.91 Å². The summed E-state index contributed by atoms with van der Waals surface area (Å²) in [7, 11) is 0. The van der Waals surface area contributed by atoms with Crippen LogP contribution in [0.1, 0.15) is 10.5 Å². The molecule has 1 N–H and O–H groups in total. The molecule has 1 aromatic carbocycles. The number of amides is 1. The zero-order valence-corrected chi connectivity index (χ0v) is 11.2. The van der Waals surface area contributed by atoms with E-state index in [4.69, 9.17) is 16.7 Å². The van der Waals surface area contributed by atoms with Gasteiger partial charge in [-0.3, -0.25) is 9.59 Å². The Morgan fingerprint density at radius 2 is 2.00 bits per heavy atom. The van der Waals surface area contributed by atoms with Crippen molar-refractivity contribution >= 4 is 34.4 Å². The number of aliphatic carboxylic acids is 1. The number of carbonyl (C=O) groups excluding carboxylic acids is 1. The first kappa shape index (κ1) is 12.9. The van der Waals surface area contributed by atoms with Crippen molar-refractivity contribution in [1.82, 2.24) is 9.88 Å². The van der Waals surface area contributed by atoms with Crippen LogP contribution in [0.25, 0.3) is 10.9 Å². The molecule has 1 aromatic heterocycles. The average Bonchev–Trinajstić information content (AvgIpc) is 2.36. The summed E-state index contributed by atoms with van der Waals surface area (Å²) >= 11 is 6.15. The Kier molecular flexibility index (Phi) is 3.06. The highest BCUT2D eigenvalue weighted by atomic mass is 35.5. The molecule has 1 fully saturated rings. The number of carbonyl (C=O) groups is 2. The third-order valence-corrected chi connectivity index (χ3v) is 3.72. The normalized spacial score (nSPS) is 15.2. The van der Waals surface area contributed by atoms with Gasteiger partial charge in [-0.2, -0.15) is 0 Å². The molecule has 0 bridgehead atoms. The summed E-state index contributed by atoms with van der Waals surface area (Å²) in [4.78, 5) is 28.7. The number of pyridine rings is 1. The van der Waals surface area contributed by atoms with Crippen LogP contribution >= 0.6 is 11.6 Å². The van der Waals surface area contributed by atoms with Gasteiger partial charge in [0.1, 0.15) is 5.69 Å². The molecule has 0 spiro atoms. The molecular formula is C14H11ClN2O3. The van der Waals surface area contributed by atoms with E-state index in [0.717, 1.165) is 5.39 Å². The third kappa shape index (κ3) is 2.10. The number of likely N-dealkylation sites (tertiary alicyclic amines) is 1. The van der Waals surface area contributed by atoms with Crippen molar-refractivity contribution in [2.45, 2.75) is 0 Å². The Balaban J connectivity index is 1.88. The summed E-state index contributed by atoms with van der Waals surface area (Å²) in [5, 5.41) is 10.1. The van der Waals surface area contributed by atoms with E-state index < -0.39 is 11.9 Å². The lowest BCUT2D eigenvalue weighted by Gasteiger charge is -2.36. The number of fused-ring (bicyclic) bond motifs is 1. The number of hydrogen-bond donors (Lipinski definition) is 1. The van der Waals surface area contributed by atoms with E-state index in [-0.39, 0.29) is 24.7 Å². The van der Waals surface area contributed by atoms with Crippen molar-refractivity contribution in [1.29, 1.82) is 0 Å². The fourth-order valence-corrected chi connectivity index (χ4v) is 2.47. The third-order valence-electron chi connectivity index (χ3n) is 3.40. The van der Waals surface area contributed by atoms with Crippen LogP contribution in [-0.4, -0.2) is 40.0 Å². The van der Waals surface area contributed by atoms with Crippen LogP contribution in [0.3, 0.4) is 0 Å². The van der Waals surface area contributed by atoms with Gasteiger partial charge in [0.15, 0.2) is 0 Å². The van der Waals surface area contributed by atoms with E-state index in [1.54, 1.807) is 6.07 Å². The SMILES string of the molecule is O=C(O)C1CN(C(=O)c2cc(Cl)c3ccccc3n2)C1. The van der Waals surface area contributed by atoms with Crippen LogP contribution in [0.4, 0.5) is 0 Å². The maximum absolute atomic E-state index is 12.2. The zero-order valence-electron chi connectivity index (χ0n) is 10.4. The number of benzene rings is 1. The Morgan fingerprint density at radius 1 is 1.30 bits per heavy atom. The van der Waals surface area contributed by atoms with Gasteiger partial charge in [0, 0.05) is 18.5 Å². The first-order valence-electron chi connectivity index (χ1n) is 6.13. The van der Waals surface area contributed by atoms with Crippen molar-refractivity contribution in [3.8, 4) is 0 Å². The Bertz CT molecular complexity index is 711. The van der Waals surface area contributed by atoms with Crippen molar-refractivity contribution in [3.63, 3.8) is 0 Å². The predicted octanol–water partition coefficient (Wildman–Crippen LogP) is 2.04. The molecule has 1 saturated heterocycles. The first-order valence-corrected chi connectivity index (χ1v) is 6.51. The molecule has 102 valence electrons. The molecule has 2 aromatic rings. The summed E-state index contributed by atoms with van der Waals surface area (Å²) in [6.45, 7) is 0.445. The number of hydrogen-bond acceptors (Lipinski definition) is 3. The van der Waals surface area contributed by atoms with Gasteiger partial charge < -0.3 is 10.0 Å². The molecule has 0 unspecified atom stereocenters. The maximum atomic E-state index is 12.2. The van der Waals surface area contributed by atoms with Crippen molar-refractivity contribution in [3.05, 3.63) is 41.0 Å². The van der Waals surface area contributed by atoms with Gasteiger partial charge in [0.2, 0.25) is 0 Å². The number of carboxylic acids is 1. The van der Waals surface area contributed by atoms with E-state index in [9.17, 15) is 9.59 Å². The summed E-state index contributed by atoms with van der Waals surface area (Å²) < 4.78 is 0. The average molecular weight is 291 g/mol. The highest BCUT2D eigenvalue weighted by Crippen LogP contribution is 2.25. The lowest BCUT2D eigenvalue weighted by Crippen LogP contribution is -2.53. The number of carboxylic acid groups (broad SMARTS) is 1. The summed E-state index contributed by atoms with van der Waals surface area (Å²) in [5.41, 5.74) is 0.899. The van der Waals surface area contributed by atoms with Gasteiger partial charge in [-0.05, 0) is 12.1 Å². The van der Waals surface area contributed by atoms with Crippen molar-refractivity contribution < 1.29 is 14.7 Å². The van der Waals surface area contributed by atoms with Gasteiger partial charge in [-0.1, -0.05) is 29.8 Å². The van der Waals surface area contributed by atoms with Gasteiger partial charge in [-0.25, -0.2) is 4.98 Å². The van der Waals surface area contributed by atoms with Crippen LogP contribution in [0.15, 0.2) is 30.3 Å². The minimum Gasteiger partial charge on any atom is -0.481 e. The molecule has 1 aliphatic rings. The first-order chi connectivity index (χ1) is 9.56. The quantitative estimate of drug-likeness (QED) is 0.919. The van der Waals surface area contributed by atoms with Gasteiger partial charge >= 0.3 is 5.97 Å². The largest absolute Gasteiger partial charge is 0.481 e. The highest BCUT2D eigenvalue weighted by Gasteiger charge is 2.36. The van der Waals surface area contributed by atoms with Crippen LogP contribution in [0.2, 0.25) is 5.02 Å². The van der Waals surface area contributed by atoms with Gasteiger partial charge in [0.05, 0.1) is 16.5 Å². The topological polar surface area (TPSA) is 70.5 Å². The number of nitrogens with zero attached hydrogens (tertiary/aromatic N) is 2. The number of para-hydroxylation sites is 1. The molecule has 2 heterocycles. The van der Waals surface area contributed by atoms with E-state index in [1.807, 2.05) is 18.2 Å². The lowest BCUT2D eigenvalue weighted by molar-refractivity contribution is -0.146. The van der Waals surface area contributed by atoms with Crippen molar-refractivity contribution in [2.75, 3.05) is 13.1 Å². The molecule has 5 nitrogen and oxygen atoms in total. The molecule has 1 amide bonds. The second-order valence-electron chi connectivity index (χ2n) is 4.75. The summed E-state index contributed by atoms with van der Waals surface area (Å²) in [5.74, 6) is -1.64. The second kappa shape index (κ2) is 4.76. The minimum atomic E-state index is -0.876. The Hall–Kier alpha value is -2.14. The van der Waals surface area contributed by atoms with Crippen molar-refractivity contribution in [2.24, 2.45) is 5.92 Å². The van der Waals surface area contributed by atoms with Crippen LogP contribution in [0.5, 0.6) is 0 Å². The fraction of sp³-hybridized carbons (Fsp3) is 0.214. The molecule has 6 heteroatoms. The molecule has 0 atom stereocenters. The molecule has 0 saturated carbocycles. The van der Waals surface area contributed by atoms with E-state index in [1.165, 1.54) is 11.0 Å². The van der Waals surface area contributed by atoms with E-state index in [2.05, 4.69) is 4.98 Å². The molecule has 0 aliphatic carbocycles. The number of halogens is 1.